The van der Waals surface area contributed by atoms with Gasteiger partial charge < -0.3 is 5.32 Å². The van der Waals surface area contributed by atoms with E-state index in [2.05, 4.69) is 41.4 Å². The van der Waals surface area contributed by atoms with Crippen molar-refractivity contribution in [1.29, 1.82) is 0 Å². The molecule has 6 nitrogen and oxygen atoms in total. The number of rotatable bonds is 8. The van der Waals surface area contributed by atoms with Crippen molar-refractivity contribution >= 4 is 21.6 Å². The van der Waals surface area contributed by atoms with E-state index in [1.807, 2.05) is 0 Å². The molecule has 7 heteroatoms. The Balaban J connectivity index is 1.57. The first-order valence-corrected chi connectivity index (χ1v) is 10.6. The molecular formula is C20H25N3O3S. The Morgan fingerprint density at radius 2 is 1.93 bits per heavy atom. The van der Waals surface area contributed by atoms with E-state index in [-0.39, 0.29) is 10.8 Å². The van der Waals surface area contributed by atoms with E-state index in [9.17, 15) is 13.2 Å². The van der Waals surface area contributed by atoms with Crippen LogP contribution in [0.2, 0.25) is 0 Å². The highest BCUT2D eigenvalue weighted by molar-refractivity contribution is 7.89. The molecule has 0 aliphatic heterocycles. The maximum atomic E-state index is 12.3. The first kappa shape index (κ1) is 19.5. The smallest absolute Gasteiger partial charge is 0.238 e. The molecule has 144 valence electrons. The molecule has 0 radical (unpaired) electrons. The molecular weight excluding hydrogens is 362 g/mol. The van der Waals surface area contributed by atoms with E-state index < -0.39 is 10.0 Å². The summed E-state index contributed by atoms with van der Waals surface area (Å²) in [5.41, 5.74) is 2.92. The number of primary sulfonamides is 1. The normalized spacial score (nSPS) is 14.3. The number of nitrogens with two attached hydrogens (primary N) is 1. The summed E-state index contributed by atoms with van der Waals surface area (Å²) in [5, 5.41) is 7.89. The van der Waals surface area contributed by atoms with Gasteiger partial charge in [-0.05, 0) is 43.5 Å². The van der Waals surface area contributed by atoms with E-state index >= 15 is 0 Å². The van der Waals surface area contributed by atoms with Crippen LogP contribution in [0.4, 0.5) is 5.69 Å². The number of hydrogen-bond acceptors (Lipinski definition) is 4. The van der Waals surface area contributed by atoms with Gasteiger partial charge in [0.2, 0.25) is 15.9 Å². The molecule has 0 spiro atoms. The fourth-order valence-electron chi connectivity index (χ4n) is 3.09. The quantitative estimate of drug-likeness (QED) is 0.728. The molecule has 1 amide bonds. The van der Waals surface area contributed by atoms with Crippen LogP contribution in [0.1, 0.15) is 30.4 Å². The summed E-state index contributed by atoms with van der Waals surface area (Å²) in [5.74, 6) is -0.142. The molecule has 1 saturated carbocycles. The predicted molar refractivity (Wildman–Crippen MR) is 106 cm³/mol. The highest BCUT2D eigenvalue weighted by Crippen LogP contribution is 2.28. The molecule has 0 atom stereocenters. The number of amides is 1. The van der Waals surface area contributed by atoms with Gasteiger partial charge >= 0.3 is 0 Å². The molecule has 1 aliphatic carbocycles. The third-order valence-electron chi connectivity index (χ3n) is 4.60. The molecule has 27 heavy (non-hydrogen) atoms. The topological polar surface area (TPSA) is 92.5 Å². The van der Waals surface area contributed by atoms with Crippen LogP contribution in [0.5, 0.6) is 0 Å². The minimum atomic E-state index is -3.79. The molecule has 1 fully saturated rings. The average Bonchev–Trinajstić information content (AvgIpc) is 3.43. The number of hydrogen-bond donors (Lipinski definition) is 2. The van der Waals surface area contributed by atoms with Crippen molar-refractivity contribution in [2.24, 2.45) is 5.14 Å². The lowest BCUT2D eigenvalue weighted by Gasteiger charge is -2.22. The van der Waals surface area contributed by atoms with Crippen LogP contribution in [-0.2, 0) is 21.4 Å². The van der Waals surface area contributed by atoms with Crippen molar-refractivity contribution in [2.45, 2.75) is 43.7 Å². The molecule has 0 unspecified atom stereocenters. The fraction of sp³-hybridized carbons (Fsp3) is 0.350. The summed E-state index contributed by atoms with van der Waals surface area (Å²) in [6.45, 7) is 3.58. The molecule has 0 aromatic heterocycles. The Morgan fingerprint density at radius 3 is 2.59 bits per heavy atom. The molecule has 3 rings (SSSR count). The van der Waals surface area contributed by atoms with Crippen LogP contribution >= 0.6 is 0 Å². The Hall–Kier alpha value is -2.22. The van der Waals surface area contributed by atoms with Crippen LogP contribution in [0, 0.1) is 6.92 Å². The number of nitrogens with zero attached hydrogens (tertiary/aromatic N) is 1. The molecule has 0 saturated heterocycles. The van der Waals surface area contributed by atoms with Crippen molar-refractivity contribution in [3.8, 4) is 0 Å². The second kappa shape index (κ2) is 8.21. The number of nitrogens with one attached hydrogen (secondary N) is 1. The van der Waals surface area contributed by atoms with Crippen LogP contribution in [0.3, 0.4) is 0 Å². The summed E-state index contributed by atoms with van der Waals surface area (Å²) in [4.78, 5) is 14.6. The Bertz CT molecular complexity index is 924. The third kappa shape index (κ3) is 5.89. The monoisotopic (exact) mass is 387 g/mol. The van der Waals surface area contributed by atoms with Crippen LogP contribution < -0.4 is 10.5 Å². The number of benzene rings is 2. The molecule has 0 bridgehead atoms. The van der Waals surface area contributed by atoms with Gasteiger partial charge in [-0.2, -0.15) is 0 Å². The summed E-state index contributed by atoms with van der Waals surface area (Å²) in [7, 11) is -3.79. The largest absolute Gasteiger partial charge is 0.326 e. The van der Waals surface area contributed by atoms with E-state index in [0.29, 0.717) is 24.7 Å². The van der Waals surface area contributed by atoms with Crippen molar-refractivity contribution in [2.75, 3.05) is 11.9 Å². The van der Waals surface area contributed by atoms with Gasteiger partial charge in [-0.1, -0.05) is 35.9 Å². The van der Waals surface area contributed by atoms with Crippen molar-refractivity contribution < 1.29 is 13.2 Å². The van der Waals surface area contributed by atoms with Gasteiger partial charge in [0.05, 0.1) is 4.90 Å². The van der Waals surface area contributed by atoms with Crippen LogP contribution in [0.25, 0.3) is 0 Å². The lowest BCUT2D eigenvalue weighted by molar-refractivity contribution is -0.116. The number of carbonyl (C=O) groups is 1. The minimum Gasteiger partial charge on any atom is -0.326 e. The predicted octanol–water partition coefficient (Wildman–Crippen LogP) is 2.64. The van der Waals surface area contributed by atoms with Gasteiger partial charge in [0.15, 0.2) is 0 Å². The molecule has 2 aromatic rings. The summed E-state index contributed by atoms with van der Waals surface area (Å²) in [6, 6.07) is 15.0. The second-order valence-corrected chi connectivity index (χ2v) is 8.62. The second-order valence-electron chi connectivity index (χ2n) is 7.06. The maximum absolute atomic E-state index is 12.3. The Kier molecular flexibility index (Phi) is 5.94. The third-order valence-corrected chi connectivity index (χ3v) is 5.51. The van der Waals surface area contributed by atoms with E-state index in [1.54, 1.807) is 12.1 Å². The molecule has 1 aliphatic rings. The standard InChI is InChI=1S/C20H25N3O3S/c1-15-4-2-5-16(12-15)14-23(18-8-9-18)11-10-20(24)22-17-6-3-7-19(13-17)27(21,25)26/h2-7,12-13,18H,8-11,14H2,1H3,(H,22,24)(H2,21,25,26). The lowest BCUT2D eigenvalue weighted by atomic mass is 10.1. The van der Waals surface area contributed by atoms with Gasteiger partial charge in [-0.15, -0.1) is 0 Å². The highest BCUT2D eigenvalue weighted by atomic mass is 32.2. The zero-order valence-electron chi connectivity index (χ0n) is 15.4. The fourth-order valence-corrected chi connectivity index (χ4v) is 3.65. The average molecular weight is 388 g/mol. The first-order valence-electron chi connectivity index (χ1n) is 9.03. The number of sulfonamides is 1. The van der Waals surface area contributed by atoms with E-state index in [0.717, 1.165) is 6.54 Å². The number of carbonyl (C=O) groups excluding carboxylic acids is 1. The minimum absolute atomic E-state index is 0.0145. The van der Waals surface area contributed by atoms with Gasteiger partial charge in [0.1, 0.15) is 0 Å². The van der Waals surface area contributed by atoms with Gasteiger partial charge in [-0.3, -0.25) is 9.69 Å². The van der Waals surface area contributed by atoms with Gasteiger partial charge in [-0.25, -0.2) is 13.6 Å². The van der Waals surface area contributed by atoms with Crippen molar-refractivity contribution in [1.82, 2.24) is 4.90 Å². The van der Waals surface area contributed by atoms with Gasteiger partial charge in [0, 0.05) is 31.2 Å². The lowest BCUT2D eigenvalue weighted by Crippen LogP contribution is -2.29. The highest BCUT2D eigenvalue weighted by Gasteiger charge is 2.29. The summed E-state index contributed by atoms with van der Waals surface area (Å²) in [6.07, 6.45) is 2.69. The Morgan fingerprint density at radius 1 is 1.19 bits per heavy atom. The Labute approximate surface area is 160 Å². The SMILES string of the molecule is Cc1cccc(CN(CCC(=O)Nc2cccc(S(N)(=O)=O)c2)C2CC2)c1. The van der Waals surface area contributed by atoms with Crippen LogP contribution in [-0.4, -0.2) is 31.8 Å². The zero-order valence-corrected chi connectivity index (χ0v) is 16.2. The van der Waals surface area contributed by atoms with Crippen LogP contribution in [0.15, 0.2) is 53.4 Å². The van der Waals surface area contributed by atoms with E-state index in [4.69, 9.17) is 5.14 Å². The summed E-state index contributed by atoms with van der Waals surface area (Å²) >= 11 is 0. The van der Waals surface area contributed by atoms with Gasteiger partial charge in [0.25, 0.3) is 0 Å². The van der Waals surface area contributed by atoms with Crippen molar-refractivity contribution in [3.05, 3.63) is 59.7 Å². The molecule has 3 N–H and O–H groups in total. The first-order chi connectivity index (χ1) is 12.8. The molecule has 2 aromatic carbocycles. The number of aryl methyl sites for hydroxylation is 1. The number of anilines is 1. The van der Waals surface area contributed by atoms with E-state index in [1.165, 1.54) is 36.1 Å². The summed E-state index contributed by atoms with van der Waals surface area (Å²) < 4.78 is 22.8. The zero-order chi connectivity index (χ0) is 19.4. The maximum Gasteiger partial charge on any atom is 0.238 e. The molecule has 0 heterocycles. The van der Waals surface area contributed by atoms with Crippen molar-refractivity contribution in [3.63, 3.8) is 0 Å².